The molecule has 3 aromatic rings. The number of benzene rings is 2. The van der Waals surface area contributed by atoms with Gasteiger partial charge in [0, 0.05) is 5.39 Å². The van der Waals surface area contributed by atoms with E-state index >= 15 is 0 Å². The lowest BCUT2D eigenvalue weighted by atomic mass is 9.86. The van der Waals surface area contributed by atoms with Crippen molar-refractivity contribution in [2.45, 2.75) is 39.5 Å². The Morgan fingerprint density at radius 2 is 1.48 bits per heavy atom. The summed E-state index contributed by atoms with van der Waals surface area (Å²) in [4.78, 5) is 0. The van der Waals surface area contributed by atoms with Crippen molar-refractivity contribution in [2.24, 2.45) is 0 Å². The second-order valence-electron chi connectivity index (χ2n) is 6.27. The van der Waals surface area contributed by atoms with Gasteiger partial charge in [0.1, 0.15) is 5.58 Å². The molecule has 0 fully saturated rings. The highest BCUT2D eigenvalue weighted by atomic mass is 16.3. The molecule has 1 aromatic heterocycles. The van der Waals surface area contributed by atoms with E-state index in [2.05, 4.69) is 70.2 Å². The molecule has 0 aliphatic carbocycles. The van der Waals surface area contributed by atoms with Crippen molar-refractivity contribution in [1.82, 2.24) is 0 Å². The average Bonchev–Trinajstić information content (AvgIpc) is 2.95. The summed E-state index contributed by atoms with van der Waals surface area (Å²) in [7, 11) is 0. The first kappa shape index (κ1) is 13.9. The quantitative estimate of drug-likeness (QED) is 0.544. The molecule has 21 heavy (non-hydrogen) atoms. The zero-order chi connectivity index (χ0) is 15.0. The zero-order valence-electron chi connectivity index (χ0n) is 13.2. The minimum Gasteiger partial charge on any atom is -0.464 e. The van der Waals surface area contributed by atoms with Crippen molar-refractivity contribution >= 4 is 11.0 Å². The van der Waals surface area contributed by atoms with E-state index in [1.165, 1.54) is 27.6 Å². The van der Waals surface area contributed by atoms with Gasteiger partial charge in [-0.25, -0.2) is 0 Å². The molecule has 0 atom stereocenters. The van der Waals surface area contributed by atoms with E-state index < -0.39 is 0 Å². The van der Waals surface area contributed by atoms with Crippen molar-refractivity contribution in [3.8, 4) is 11.1 Å². The average molecular weight is 278 g/mol. The van der Waals surface area contributed by atoms with Crippen LogP contribution in [0.5, 0.6) is 0 Å². The maximum absolute atomic E-state index is 5.81. The molecule has 0 saturated carbocycles. The van der Waals surface area contributed by atoms with Crippen molar-refractivity contribution in [3.05, 3.63) is 59.9 Å². The third-order valence-electron chi connectivity index (χ3n) is 4.10. The molecular weight excluding hydrogens is 256 g/mol. The van der Waals surface area contributed by atoms with Crippen LogP contribution in [0.1, 0.15) is 50.7 Å². The summed E-state index contributed by atoms with van der Waals surface area (Å²) < 4.78 is 5.81. The number of hydrogen-bond donors (Lipinski definition) is 0. The summed E-state index contributed by atoms with van der Waals surface area (Å²) in [6.45, 7) is 8.97. The van der Waals surface area contributed by atoms with Gasteiger partial charge >= 0.3 is 0 Å². The summed E-state index contributed by atoms with van der Waals surface area (Å²) in [5, 5.41) is 1.23. The second kappa shape index (κ2) is 5.40. The first-order valence-corrected chi connectivity index (χ1v) is 7.69. The van der Waals surface area contributed by atoms with Crippen molar-refractivity contribution in [1.29, 1.82) is 0 Å². The van der Waals surface area contributed by atoms with E-state index in [1.807, 2.05) is 6.26 Å². The Kier molecular flexibility index (Phi) is 3.59. The lowest BCUT2D eigenvalue weighted by Crippen LogP contribution is -1.98. The summed E-state index contributed by atoms with van der Waals surface area (Å²) in [5.74, 6) is 0.943. The van der Waals surface area contributed by atoms with Gasteiger partial charge in [-0.15, -0.1) is 0 Å². The zero-order valence-corrected chi connectivity index (χ0v) is 13.2. The predicted molar refractivity (Wildman–Crippen MR) is 89.8 cm³/mol. The topological polar surface area (TPSA) is 13.1 Å². The number of hydrogen-bond acceptors (Lipinski definition) is 1. The van der Waals surface area contributed by atoms with Gasteiger partial charge < -0.3 is 4.42 Å². The van der Waals surface area contributed by atoms with Crippen LogP contribution in [0.15, 0.2) is 53.1 Å². The SMILES string of the molecule is CC(C)c1cc(C(C)C)c2occc2c1-c1ccccc1. The lowest BCUT2D eigenvalue weighted by Gasteiger charge is -2.18. The van der Waals surface area contributed by atoms with Crippen LogP contribution in [0.4, 0.5) is 0 Å². The van der Waals surface area contributed by atoms with Gasteiger partial charge in [-0.05, 0) is 40.2 Å². The number of fused-ring (bicyclic) bond motifs is 1. The van der Waals surface area contributed by atoms with Crippen LogP contribution in [-0.4, -0.2) is 0 Å². The van der Waals surface area contributed by atoms with E-state index in [4.69, 9.17) is 4.42 Å². The maximum Gasteiger partial charge on any atom is 0.137 e. The molecule has 3 rings (SSSR count). The lowest BCUT2D eigenvalue weighted by molar-refractivity contribution is 0.607. The smallest absolute Gasteiger partial charge is 0.137 e. The Balaban J connectivity index is 2.40. The monoisotopic (exact) mass is 278 g/mol. The molecule has 0 spiro atoms. The minimum atomic E-state index is 0.459. The van der Waals surface area contributed by atoms with Crippen LogP contribution in [0.2, 0.25) is 0 Å². The number of furan rings is 1. The van der Waals surface area contributed by atoms with Crippen molar-refractivity contribution in [2.75, 3.05) is 0 Å². The van der Waals surface area contributed by atoms with Gasteiger partial charge in [0.15, 0.2) is 0 Å². The molecule has 0 saturated heterocycles. The van der Waals surface area contributed by atoms with Gasteiger partial charge in [0.2, 0.25) is 0 Å². The van der Waals surface area contributed by atoms with Gasteiger partial charge in [-0.2, -0.15) is 0 Å². The maximum atomic E-state index is 5.81. The molecule has 0 aliphatic rings. The molecule has 0 amide bonds. The Hall–Kier alpha value is -2.02. The molecule has 108 valence electrons. The Morgan fingerprint density at radius 1 is 0.810 bits per heavy atom. The highest BCUT2D eigenvalue weighted by Gasteiger charge is 2.19. The third-order valence-corrected chi connectivity index (χ3v) is 4.10. The van der Waals surface area contributed by atoms with E-state index in [9.17, 15) is 0 Å². The van der Waals surface area contributed by atoms with Gasteiger partial charge in [-0.3, -0.25) is 0 Å². The van der Waals surface area contributed by atoms with E-state index in [0.717, 1.165) is 5.58 Å². The molecule has 0 radical (unpaired) electrons. The standard InChI is InChI=1S/C20H22O/c1-13(2)17-12-18(14(3)4)20-16(10-11-21-20)19(17)15-8-6-5-7-9-15/h5-14H,1-4H3. The van der Waals surface area contributed by atoms with E-state index in [-0.39, 0.29) is 0 Å². The molecule has 0 N–H and O–H groups in total. The van der Waals surface area contributed by atoms with Gasteiger partial charge in [-0.1, -0.05) is 64.1 Å². The van der Waals surface area contributed by atoms with Crippen LogP contribution < -0.4 is 0 Å². The normalized spacial score (nSPS) is 11.7. The molecule has 1 heterocycles. The Bertz CT molecular complexity index is 748. The Labute approximate surface area is 126 Å². The van der Waals surface area contributed by atoms with Crippen LogP contribution >= 0.6 is 0 Å². The van der Waals surface area contributed by atoms with E-state index in [0.29, 0.717) is 11.8 Å². The first-order valence-electron chi connectivity index (χ1n) is 7.69. The second-order valence-corrected chi connectivity index (χ2v) is 6.27. The predicted octanol–water partition coefficient (Wildman–Crippen LogP) is 6.35. The van der Waals surface area contributed by atoms with Gasteiger partial charge in [0.25, 0.3) is 0 Å². The van der Waals surface area contributed by atoms with Crippen molar-refractivity contribution in [3.63, 3.8) is 0 Å². The minimum absolute atomic E-state index is 0.459. The van der Waals surface area contributed by atoms with Crippen LogP contribution in [-0.2, 0) is 0 Å². The molecule has 0 unspecified atom stereocenters. The fourth-order valence-corrected chi connectivity index (χ4v) is 3.00. The number of rotatable bonds is 3. The van der Waals surface area contributed by atoms with Crippen LogP contribution in [0, 0.1) is 0 Å². The summed E-state index contributed by atoms with van der Waals surface area (Å²) >= 11 is 0. The molecule has 1 nitrogen and oxygen atoms in total. The van der Waals surface area contributed by atoms with Crippen LogP contribution in [0.25, 0.3) is 22.1 Å². The highest BCUT2D eigenvalue weighted by molar-refractivity contribution is 5.98. The molecule has 0 aliphatic heterocycles. The molecule has 0 bridgehead atoms. The largest absolute Gasteiger partial charge is 0.464 e. The van der Waals surface area contributed by atoms with Crippen molar-refractivity contribution < 1.29 is 4.42 Å². The fourth-order valence-electron chi connectivity index (χ4n) is 3.00. The molecular formula is C20H22O. The van der Waals surface area contributed by atoms with Gasteiger partial charge in [0.05, 0.1) is 6.26 Å². The Morgan fingerprint density at radius 3 is 2.10 bits per heavy atom. The summed E-state index contributed by atoms with van der Waals surface area (Å²) in [5.41, 5.74) is 6.33. The fraction of sp³-hybridized carbons (Fsp3) is 0.300. The molecule has 1 heteroatoms. The third kappa shape index (κ3) is 2.37. The first-order chi connectivity index (χ1) is 10.1. The highest BCUT2D eigenvalue weighted by Crippen LogP contribution is 2.40. The summed E-state index contributed by atoms with van der Waals surface area (Å²) in [6.07, 6.45) is 1.81. The summed E-state index contributed by atoms with van der Waals surface area (Å²) in [6, 6.07) is 15.1. The van der Waals surface area contributed by atoms with Crippen LogP contribution in [0.3, 0.4) is 0 Å². The van der Waals surface area contributed by atoms with E-state index in [1.54, 1.807) is 0 Å². The molecule has 2 aromatic carbocycles.